The minimum Gasteiger partial charge on any atom is -0.472 e. The molecule has 2 aliphatic heterocycles. The summed E-state index contributed by atoms with van der Waals surface area (Å²) in [5.41, 5.74) is 19.8. The Morgan fingerprint density at radius 2 is 1.17 bits per heavy atom. The molecule has 3 aliphatic rings. The molecule has 302 valence electrons. The van der Waals surface area contributed by atoms with Crippen LogP contribution < -0.4 is 26.4 Å². The van der Waals surface area contributed by atoms with E-state index in [2.05, 4.69) is 226 Å². The van der Waals surface area contributed by atoms with Crippen LogP contribution in [0.2, 0.25) is 0 Å². The Morgan fingerprint density at radius 1 is 0.610 bits per heavy atom. The van der Waals surface area contributed by atoms with E-state index in [9.17, 15) is 0 Å². The zero-order valence-electron chi connectivity index (χ0n) is 37.5. The average molecular weight is 891 g/mol. The molecule has 5 heteroatoms. The maximum absolute atomic E-state index is 7.65. The Labute approximate surface area is 367 Å². The third kappa shape index (κ3) is 6.51. The summed E-state index contributed by atoms with van der Waals surface area (Å²) in [6.45, 7) is 30.4. The predicted molar refractivity (Wildman–Crippen MR) is 263 cm³/mol. The predicted octanol–water partition coefficient (Wildman–Crippen LogP) is 14.0. The second kappa shape index (κ2) is 13.4. The van der Waals surface area contributed by atoms with E-state index in [1.54, 1.807) is 0 Å². The molecule has 1 aromatic heterocycles. The van der Waals surface area contributed by atoms with Gasteiger partial charge in [-0.1, -0.05) is 152 Å². The highest BCUT2D eigenvalue weighted by atomic mass is 127. The van der Waals surface area contributed by atoms with Crippen molar-refractivity contribution in [3.8, 4) is 11.1 Å². The topological polar surface area (TPSA) is 19.6 Å². The highest BCUT2D eigenvalue weighted by molar-refractivity contribution is 14.1. The first-order chi connectivity index (χ1) is 27.6. The number of alkyl halides is 1. The van der Waals surface area contributed by atoms with Crippen LogP contribution in [-0.4, -0.2) is 6.71 Å². The van der Waals surface area contributed by atoms with Gasteiger partial charge < -0.3 is 14.2 Å². The number of fused-ring (bicyclic) bond motifs is 6. The summed E-state index contributed by atoms with van der Waals surface area (Å²) >= 11 is 2.56. The Hall–Kier alpha value is -4.23. The van der Waals surface area contributed by atoms with Crippen molar-refractivity contribution in [2.24, 2.45) is 0 Å². The van der Waals surface area contributed by atoms with Gasteiger partial charge in [-0.2, -0.15) is 0 Å². The van der Waals surface area contributed by atoms with Gasteiger partial charge in [-0.25, -0.2) is 0 Å². The number of nitrogens with zero attached hydrogens (tertiary/aromatic N) is 2. The smallest absolute Gasteiger partial charge is 0.297 e. The van der Waals surface area contributed by atoms with E-state index in [4.69, 9.17) is 4.42 Å². The van der Waals surface area contributed by atoms with E-state index in [0.717, 1.165) is 24.3 Å². The molecule has 0 spiro atoms. The normalized spacial score (nSPS) is 16.7. The molecule has 3 heterocycles. The third-order valence-corrected chi connectivity index (χ3v) is 14.2. The van der Waals surface area contributed by atoms with Crippen LogP contribution in [0, 0.1) is 6.92 Å². The number of furan rings is 1. The van der Waals surface area contributed by atoms with E-state index >= 15 is 0 Å². The van der Waals surface area contributed by atoms with Gasteiger partial charge >= 0.3 is 0 Å². The SMILES string of the molecule is Cc1cc2c3c(c1)N(c1ccc(C(C)(C)C)cc1-c1ccccc1)c1c(oc4c1C(C)(C)CCC4(C)C)B3c1cc(C(C)(C)C)ccc1N2c1ccc(C(C)(C)I)cc1. The first-order valence-electron chi connectivity index (χ1n) is 21.6. The maximum atomic E-state index is 7.65. The number of aryl methyl sites for hydroxylation is 1. The number of anilines is 6. The molecule has 1 aliphatic carbocycles. The number of hydrogen-bond donors (Lipinski definition) is 0. The molecule has 0 fully saturated rings. The molecule has 0 N–H and O–H groups in total. The number of benzene rings is 5. The van der Waals surface area contributed by atoms with Gasteiger partial charge in [-0.3, -0.25) is 0 Å². The molecule has 0 atom stereocenters. The first kappa shape index (κ1) is 40.2. The third-order valence-electron chi connectivity index (χ3n) is 13.6. The molecular weight excluding hydrogens is 830 g/mol. The van der Waals surface area contributed by atoms with Gasteiger partial charge in [0, 0.05) is 42.7 Å². The average Bonchev–Trinajstić information content (AvgIpc) is 3.59. The molecule has 59 heavy (non-hydrogen) atoms. The van der Waals surface area contributed by atoms with Gasteiger partial charge in [0.15, 0.2) is 0 Å². The lowest BCUT2D eigenvalue weighted by atomic mass is 9.35. The highest BCUT2D eigenvalue weighted by Crippen LogP contribution is 2.56. The fourth-order valence-corrected chi connectivity index (χ4v) is 10.3. The van der Waals surface area contributed by atoms with Gasteiger partial charge in [0.05, 0.1) is 17.0 Å². The van der Waals surface area contributed by atoms with Crippen LogP contribution in [-0.2, 0) is 25.1 Å². The molecule has 0 amide bonds. The van der Waals surface area contributed by atoms with Crippen molar-refractivity contribution in [2.45, 2.75) is 128 Å². The minimum absolute atomic E-state index is 0.0133. The second-order valence-electron chi connectivity index (χ2n) is 21.5. The molecule has 0 saturated carbocycles. The molecule has 0 unspecified atom stereocenters. The summed E-state index contributed by atoms with van der Waals surface area (Å²) in [6.07, 6.45) is 2.18. The molecule has 5 aromatic carbocycles. The van der Waals surface area contributed by atoms with Crippen LogP contribution in [0.5, 0.6) is 0 Å². The molecule has 0 saturated heterocycles. The quantitative estimate of drug-likeness (QED) is 0.0997. The lowest BCUT2D eigenvalue weighted by Crippen LogP contribution is -2.61. The van der Waals surface area contributed by atoms with Gasteiger partial charge in [0.1, 0.15) is 5.76 Å². The van der Waals surface area contributed by atoms with Gasteiger partial charge in [0.25, 0.3) is 6.71 Å². The molecular formula is C54H60BIN2O. The fourth-order valence-electron chi connectivity index (χ4n) is 9.97. The summed E-state index contributed by atoms with van der Waals surface area (Å²) in [6, 6.07) is 39.7. The Bertz CT molecular complexity index is 2630. The van der Waals surface area contributed by atoms with Crippen LogP contribution in [0.25, 0.3) is 11.1 Å². The van der Waals surface area contributed by atoms with Crippen LogP contribution >= 0.6 is 22.6 Å². The van der Waals surface area contributed by atoms with Crippen molar-refractivity contribution in [3.63, 3.8) is 0 Å². The van der Waals surface area contributed by atoms with Crippen molar-refractivity contribution >= 4 is 80.0 Å². The van der Waals surface area contributed by atoms with E-state index < -0.39 is 0 Å². The number of rotatable bonds is 4. The lowest BCUT2D eigenvalue weighted by molar-refractivity contribution is 0.282. The summed E-state index contributed by atoms with van der Waals surface area (Å²) < 4.78 is 7.68. The Balaban J connectivity index is 1.43. The molecule has 9 rings (SSSR count). The fraction of sp³-hybridized carbons (Fsp3) is 0.370. The van der Waals surface area contributed by atoms with Crippen molar-refractivity contribution in [2.75, 3.05) is 9.80 Å². The summed E-state index contributed by atoms with van der Waals surface area (Å²) in [5.74, 6) is 1.15. The standard InChI is InChI=1S/C54H60BIN2O/c1-33-29-43-46-44(30-33)58(41-25-21-36(50(2,3)4)31-39(41)34-17-15-14-16-18-34)47-45-48(53(10,11)28-27-52(45,8)9)59-49(47)55(46)40-32-37(51(5,6)7)22-26-42(40)57(43)38-23-19-35(20-24-38)54(12,13)56/h14-26,29-32H,27-28H2,1-13H3. The van der Waals surface area contributed by atoms with Crippen molar-refractivity contribution in [3.05, 3.63) is 137 Å². The number of hydrogen-bond acceptors (Lipinski definition) is 3. The van der Waals surface area contributed by atoms with Gasteiger partial charge in [0.2, 0.25) is 0 Å². The highest BCUT2D eigenvalue weighted by Gasteiger charge is 2.52. The second-order valence-corrected chi connectivity index (χ2v) is 24.2. The monoisotopic (exact) mass is 890 g/mol. The van der Waals surface area contributed by atoms with Crippen molar-refractivity contribution in [1.29, 1.82) is 0 Å². The van der Waals surface area contributed by atoms with Crippen LogP contribution in [0.15, 0.2) is 108 Å². The Kier molecular flexibility index (Phi) is 9.12. The molecule has 6 aromatic rings. The molecule has 0 radical (unpaired) electrons. The summed E-state index contributed by atoms with van der Waals surface area (Å²) in [7, 11) is 0. The summed E-state index contributed by atoms with van der Waals surface area (Å²) in [4.78, 5) is 5.17. The van der Waals surface area contributed by atoms with Crippen LogP contribution in [0.1, 0.15) is 130 Å². The first-order valence-corrected chi connectivity index (χ1v) is 22.7. The van der Waals surface area contributed by atoms with Crippen LogP contribution in [0.3, 0.4) is 0 Å². The van der Waals surface area contributed by atoms with E-state index in [1.165, 1.54) is 84.0 Å². The van der Waals surface area contributed by atoms with E-state index in [0.29, 0.717) is 0 Å². The Morgan fingerprint density at radius 3 is 1.78 bits per heavy atom. The maximum Gasteiger partial charge on any atom is 0.297 e. The van der Waals surface area contributed by atoms with E-state index in [1.807, 2.05) is 0 Å². The van der Waals surface area contributed by atoms with Crippen molar-refractivity contribution < 1.29 is 4.42 Å². The van der Waals surface area contributed by atoms with Crippen molar-refractivity contribution in [1.82, 2.24) is 0 Å². The van der Waals surface area contributed by atoms with Gasteiger partial charge in [-0.05, 0) is 131 Å². The van der Waals surface area contributed by atoms with Gasteiger partial charge in [-0.15, -0.1) is 0 Å². The van der Waals surface area contributed by atoms with E-state index in [-0.39, 0.29) is 31.8 Å². The molecule has 0 bridgehead atoms. The summed E-state index contributed by atoms with van der Waals surface area (Å²) in [5, 5.41) is 0. The number of halogens is 1. The molecule has 3 nitrogen and oxygen atoms in total. The van der Waals surface area contributed by atoms with Crippen LogP contribution in [0.4, 0.5) is 34.1 Å². The largest absolute Gasteiger partial charge is 0.472 e. The zero-order chi connectivity index (χ0) is 42.2. The minimum atomic E-state index is -0.109. The lowest BCUT2D eigenvalue weighted by Gasteiger charge is -2.45. The zero-order valence-corrected chi connectivity index (χ0v) is 39.6.